The Morgan fingerprint density at radius 2 is 1.95 bits per heavy atom. The molecular weight excluding hydrogens is 278 g/mol. The molecule has 3 rings (SSSR count). The van der Waals surface area contributed by atoms with Crippen molar-refractivity contribution in [3.05, 3.63) is 54.4 Å². The summed E-state index contributed by atoms with van der Waals surface area (Å²) in [5.74, 6) is 0.223. The summed E-state index contributed by atoms with van der Waals surface area (Å²) in [7, 11) is -3.55. The number of benzene rings is 1. The summed E-state index contributed by atoms with van der Waals surface area (Å²) in [6, 6.07) is 10.6. The van der Waals surface area contributed by atoms with Gasteiger partial charge in [0.1, 0.15) is 0 Å². The normalized spacial score (nSPS) is 11.6. The van der Waals surface area contributed by atoms with Crippen LogP contribution in [0.25, 0.3) is 5.78 Å². The van der Waals surface area contributed by atoms with Gasteiger partial charge in [0.15, 0.2) is 0 Å². The summed E-state index contributed by atoms with van der Waals surface area (Å²) >= 11 is 0. The molecule has 0 fully saturated rings. The zero-order valence-corrected chi connectivity index (χ0v) is 11.2. The van der Waals surface area contributed by atoms with Gasteiger partial charge in [-0.25, -0.2) is 22.6 Å². The average Bonchev–Trinajstić information content (AvgIpc) is 2.80. The molecule has 0 atom stereocenters. The molecule has 0 saturated heterocycles. The highest BCUT2D eigenvalue weighted by Gasteiger charge is 2.14. The van der Waals surface area contributed by atoms with Gasteiger partial charge < -0.3 is 0 Å². The van der Waals surface area contributed by atoms with Crippen molar-refractivity contribution in [3.63, 3.8) is 0 Å². The zero-order chi connectivity index (χ0) is 14.0. The Balaban J connectivity index is 1.82. The molecule has 0 saturated carbocycles. The molecule has 102 valence electrons. The summed E-state index contributed by atoms with van der Waals surface area (Å²) in [4.78, 5) is 7.96. The third kappa shape index (κ3) is 2.75. The van der Waals surface area contributed by atoms with E-state index in [0.29, 0.717) is 11.3 Å². The smallest absolute Gasteiger partial charge is 0.250 e. The van der Waals surface area contributed by atoms with Crippen LogP contribution in [0.15, 0.2) is 48.8 Å². The van der Waals surface area contributed by atoms with Crippen LogP contribution in [0.4, 0.5) is 5.95 Å². The van der Waals surface area contributed by atoms with Crippen LogP contribution < -0.4 is 4.72 Å². The van der Waals surface area contributed by atoms with E-state index in [1.807, 2.05) is 6.07 Å². The summed E-state index contributed by atoms with van der Waals surface area (Å²) in [5.41, 5.74) is 0.696. The second-order valence-corrected chi connectivity index (χ2v) is 5.87. The van der Waals surface area contributed by atoms with Crippen molar-refractivity contribution in [2.75, 3.05) is 4.72 Å². The van der Waals surface area contributed by atoms with E-state index in [2.05, 4.69) is 19.8 Å². The largest absolute Gasteiger partial charge is 0.258 e. The molecular formula is C12H11N5O2S. The molecule has 20 heavy (non-hydrogen) atoms. The molecule has 0 aliphatic rings. The van der Waals surface area contributed by atoms with E-state index >= 15 is 0 Å². The third-order valence-electron chi connectivity index (χ3n) is 2.56. The number of sulfonamides is 1. The van der Waals surface area contributed by atoms with Crippen molar-refractivity contribution in [2.45, 2.75) is 5.75 Å². The molecule has 1 aromatic carbocycles. The molecule has 0 radical (unpaired) electrons. The van der Waals surface area contributed by atoms with Gasteiger partial charge in [-0.05, 0) is 11.6 Å². The summed E-state index contributed by atoms with van der Waals surface area (Å²) < 4.78 is 27.8. The number of hydrogen-bond acceptors (Lipinski definition) is 5. The summed E-state index contributed by atoms with van der Waals surface area (Å²) in [6.45, 7) is 0. The second kappa shape index (κ2) is 4.89. The maximum absolute atomic E-state index is 12.0. The van der Waals surface area contributed by atoms with Crippen molar-refractivity contribution in [2.24, 2.45) is 0 Å². The first-order chi connectivity index (χ1) is 9.62. The van der Waals surface area contributed by atoms with E-state index in [0.717, 1.165) is 0 Å². The van der Waals surface area contributed by atoms with Crippen molar-refractivity contribution in [1.29, 1.82) is 0 Å². The Hall–Kier alpha value is -2.48. The predicted molar refractivity (Wildman–Crippen MR) is 73.5 cm³/mol. The lowest BCUT2D eigenvalue weighted by Crippen LogP contribution is -2.16. The Kier molecular flexibility index (Phi) is 3.07. The van der Waals surface area contributed by atoms with Crippen LogP contribution in [0.5, 0.6) is 0 Å². The lowest BCUT2D eigenvalue weighted by atomic mass is 10.2. The predicted octanol–water partition coefficient (Wildman–Crippen LogP) is 1.07. The number of rotatable bonds is 4. The molecule has 0 aliphatic carbocycles. The fourth-order valence-electron chi connectivity index (χ4n) is 1.74. The maximum atomic E-state index is 12.0. The van der Waals surface area contributed by atoms with Crippen LogP contribution in [-0.2, 0) is 15.8 Å². The van der Waals surface area contributed by atoms with Gasteiger partial charge in [-0.15, -0.1) is 5.10 Å². The first-order valence-corrected chi connectivity index (χ1v) is 7.49. The van der Waals surface area contributed by atoms with Gasteiger partial charge in [-0.2, -0.15) is 4.98 Å². The number of fused-ring (bicyclic) bond motifs is 1. The fourth-order valence-corrected chi connectivity index (χ4v) is 2.81. The minimum Gasteiger partial charge on any atom is -0.250 e. The Labute approximate surface area is 115 Å². The Morgan fingerprint density at radius 3 is 2.70 bits per heavy atom. The lowest BCUT2D eigenvalue weighted by Gasteiger charge is -2.03. The zero-order valence-electron chi connectivity index (χ0n) is 10.3. The van der Waals surface area contributed by atoms with Gasteiger partial charge in [0.2, 0.25) is 10.0 Å². The monoisotopic (exact) mass is 289 g/mol. The topological polar surface area (TPSA) is 89.2 Å². The van der Waals surface area contributed by atoms with E-state index in [1.54, 1.807) is 42.7 Å². The molecule has 0 spiro atoms. The minimum atomic E-state index is -3.55. The Bertz CT molecular complexity index is 796. The molecule has 0 amide bonds. The highest BCUT2D eigenvalue weighted by molar-refractivity contribution is 7.91. The van der Waals surface area contributed by atoms with Crippen LogP contribution in [0.1, 0.15) is 5.56 Å². The average molecular weight is 289 g/mol. The van der Waals surface area contributed by atoms with Crippen molar-refractivity contribution < 1.29 is 8.42 Å². The standard InChI is InChI=1S/C12H11N5O2S/c18-20(19,9-10-5-2-1-3-6-10)16-11-14-12-13-7-4-8-17(12)15-11/h1-8H,9H2,(H,15,16). The van der Waals surface area contributed by atoms with Gasteiger partial charge in [-0.1, -0.05) is 30.3 Å². The first-order valence-electron chi connectivity index (χ1n) is 5.84. The molecule has 1 N–H and O–H groups in total. The minimum absolute atomic E-state index is 0.0135. The molecule has 2 aromatic heterocycles. The first kappa shape index (κ1) is 12.5. The van der Waals surface area contributed by atoms with Crippen LogP contribution in [0.3, 0.4) is 0 Å². The van der Waals surface area contributed by atoms with Gasteiger partial charge in [0.25, 0.3) is 11.7 Å². The van der Waals surface area contributed by atoms with Gasteiger partial charge in [0.05, 0.1) is 5.75 Å². The fraction of sp³-hybridized carbons (Fsp3) is 0.0833. The quantitative estimate of drug-likeness (QED) is 0.776. The van der Waals surface area contributed by atoms with Crippen LogP contribution >= 0.6 is 0 Å². The molecule has 7 nitrogen and oxygen atoms in total. The number of aromatic nitrogens is 4. The highest BCUT2D eigenvalue weighted by atomic mass is 32.2. The lowest BCUT2D eigenvalue weighted by molar-refractivity contribution is 0.600. The number of nitrogens with zero attached hydrogens (tertiary/aromatic N) is 4. The molecule has 0 aliphatic heterocycles. The molecule has 3 aromatic rings. The van der Waals surface area contributed by atoms with E-state index in [9.17, 15) is 8.42 Å². The number of hydrogen-bond donors (Lipinski definition) is 1. The molecule has 8 heteroatoms. The summed E-state index contributed by atoms with van der Waals surface area (Å²) in [6.07, 6.45) is 3.20. The number of anilines is 1. The molecule has 0 bridgehead atoms. The third-order valence-corrected chi connectivity index (χ3v) is 3.77. The van der Waals surface area contributed by atoms with E-state index in [-0.39, 0.29) is 11.7 Å². The molecule has 0 unspecified atom stereocenters. The van der Waals surface area contributed by atoms with Gasteiger partial charge in [-0.3, -0.25) is 0 Å². The van der Waals surface area contributed by atoms with E-state index in [4.69, 9.17) is 0 Å². The molecule has 2 heterocycles. The Morgan fingerprint density at radius 1 is 1.15 bits per heavy atom. The van der Waals surface area contributed by atoms with Crippen molar-refractivity contribution in [3.8, 4) is 0 Å². The highest BCUT2D eigenvalue weighted by Crippen LogP contribution is 2.09. The van der Waals surface area contributed by atoms with Crippen LogP contribution in [0.2, 0.25) is 0 Å². The number of nitrogens with one attached hydrogen (secondary N) is 1. The van der Waals surface area contributed by atoms with Crippen molar-refractivity contribution in [1.82, 2.24) is 19.6 Å². The summed E-state index contributed by atoms with van der Waals surface area (Å²) in [5, 5.41) is 3.99. The van der Waals surface area contributed by atoms with E-state index < -0.39 is 10.0 Å². The van der Waals surface area contributed by atoms with Crippen LogP contribution in [0, 0.1) is 0 Å². The van der Waals surface area contributed by atoms with Gasteiger partial charge in [0, 0.05) is 12.4 Å². The van der Waals surface area contributed by atoms with Crippen LogP contribution in [-0.4, -0.2) is 28.0 Å². The van der Waals surface area contributed by atoms with Gasteiger partial charge >= 0.3 is 0 Å². The second-order valence-electron chi connectivity index (χ2n) is 4.15. The van der Waals surface area contributed by atoms with Crippen molar-refractivity contribution >= 4 is 21.7 Å². The SMILES string of the molecule is O=S(=O)(Cc1ccccc1)Nc1nc2ncccn2n1. The maximum Gasteiger partial charge on any atom is 0.258 e. The van der Waals surface area contributed by atoms with E-state index in [1.165, 1.54) is 4.52 Å².